The van der Waals surface area contributed by atoms with Crippen LogP contribution in [0.1, 0.15) is 21.5 Å². The Labute approximate surface area is 121 Å². The molecule has 0 unspecified atom stereocenters. The number of carboxylic acids is 1. The first kappa shape index (κ1) is 14.5. The molecule has 2 amide bonds. The molecule has 1 aromatic heterocycles. The molecule has 1 aromatic carbocycles. The zero-order chi connectivity index (χ0) is 15.2. The lowest BCUT2D eigenvalue weighted by atomic mass is 10.1. The van der Waals surface area contributed by atoms with Gasteiger partial charge in [-0.1, -0.05) is 12.1 Å². The van der Waals surface area contributed by atoms with E-state index in [4.69, 9.17) is 5.11 Å². The minimum atomic E-state index is -0.973. The second-order valence-electron chi connectivity index (χ2n) is 4.50. The number of carbonyl (C=O) groups excluding carboxylic acids is 1. The lowest BCUT2D eigenvalue weighted by Crippen LogP contribution is -2.28. The maximum atomic E-state index is 11.8. The van der Waals surface area contributed by atoms with Gasteiger partial charge in [-0.15, -0.1) is 0 Å². The SMILES string of the molecule is Cc1ccncc1NC(=O)NCc1ccc(C(=O)O)cc1. The van der Waals surface area contributed by atoms with Gasteiger partial charge in [-0.2, -0.15) is 0 Å². The molecule has 21 heavy (non-hydrogen) atoms. The number of rotatable bonds is 4. The fourth-order valence-electron chi connectivity index (χ4n) is 1.71. The number of carboxylic acid groups (broad SMARTS) is 1. The highest BCUT2D eigenvalue weighted by Gasteiger charge is 2.05. The normalized spacial score (nSPS) is 9.95. The van der Waals surface area contributed by atoms with E-state index in [1.165, 1.54) is 12.1 Å². The average molecular weight is 285 g/mol. The van der Waals surface area contributed by atoms with E-state index in [1.54, 1.807) is 30.6 Å². The third kappa shape index (κ3) is 4.04. The van der Waals surface area contributed by atoms with Crippen LogP contribution in [0.2, 0.25) is 0 Å². The van der Waals surface area contributed by atoms with E-state index >= 15 is 0 Å². The number of aryl methyl sites for hydroxylation is 1. The molecule has 0 aliphatic carbocycles. The van der Waals surface area contributed by atoms with E-state index in [0.29, 0.717) is 12.2 Å². The lowest BCUT2D eigenvalue weighted by Gasteiger charge is -2.09. The van der Waals surface area contributed by atoms with Crippen LogP contribution in [0.3, 0.4) is 0 Å². The van der Waals surface area contributed by atoms with Crippen LogP contribution in [0.5, 0.6) is 0 Å². The maximum absolute atomic E-state index is 11.8. The van der Waals surface area contributed by atoms with Crippen molar-refractivity contribution in [3.63, 3.8) is 0 Å². The van der Waals surface area contributed by atoms with E-state index in [0.717, 1.165) is 11.1 Å². The van der Waals surface area contributed by atoms with E-state index in [9.17, 15) is 9.59 Å². The van der Waals surface area contributed by atoms with Gasteiger partial charge in [-0.05, 0) is 36.2 Å². The molecule has 0 radical (unpaired) electrons. The average Bonchev–Trinajstić information content (AvgIpc) is 2.48. The molecule has 0 spiro atoms. The fraction of sp³-hybridized carbons (Fsp3) is 0.133. The second-order valence-corrected chi connectivity index (χ2v) is 4.50. The van der Waals surface area contributed by atoms with Gasteiger partial charge in [0.25, 0.3) is 0 Å². The van der Waals surface area contributed by atoms with E-state index in [-0.39, 0.29) is 11.6 Å². The summed E-state index contributed by atoms with van der Waals surface area (Å²) < 4.78 is 0. The first-order valence-electron chi connectivity index (χ1n) is 6.34. The number of pyridine rings is 1. The summed E-state index contributed by atoms with van der Waals surface area (Å²) >= 11 is 0. The molecule has 3 N–H and O–H groups in total. The second kappa shape index (κ2) is 6.51. The molecule has 0 saturated carbocycles. The van der Waals surface area contributed by atoms with Crippen molar-refractivity contribution in [2.45, 2.75) is 13.5 Å². The monoisotopic (exact) mass is 285 g/mol. The van der Waals surface area contributed by atoms with Gasteiger partial charge in [-0.3, -0.25) is 4.98 Å². The third-order valence-electron chi connectivity index (χ3n) is 2.94. The van der Waals surface area contributed by atoms with Crippen molar-refractivity contribution < 1.29 is 14.7 Å². The van der Waals surface area contributed by atoms with Gasteiger partial charge in [0, 0.05) is 12.7 Å². The Bertz CT molecular complexity index is 653. The standard InChI is InChI=1S/C15H15N3O3/c1-10-6-7-16-9-13(10)18-15(21)17-8-11-2-4-12(5-3-11)14(19)20/h2-7,9H,8H2,1H3,(H,19,20)(H2,17,18,21). The van der Waals surface area contributed by atoms with Gasteiger partial charge in [0.15, 0.2) is 0 Å². The molecule has 0 bridgehead atoms. The predicted octanol–water partition coefficient (Wildman–Crippen LogP) is 2.41. The lowest BCUT2D eigenvalue weighted by molar-refractivity contribution is 0.0697. The van der Waals surface area contributed by atoms with Crippen LogP contribution >= 0.6 is 0 Å². The number of amides is 2. The Morgan fingerprint density at radius 2 is 1.90 bits per heavy atom. The van der Waals surface area contributed by atoms with Crippen molar-refractivity contribution >= 4 is 17.7 Å². The summed E-state index contributed by atoms with van der Waals surface area (Å²) in [6, 6.07) is 7.80. The minimum absolute atomic E-state index is 0.217. The van der Waals surface area contributed by atoms with Crippen molar-refractivity contribution in [2.24, 2.45) is 0 Å². The van der Waals surface area contributed by atoms with Gasteiger partial charge < -0.3 is 15.7 Å². The van der Waals surface area contributed by atoms with Crippen LogP contribution in [0.25, 0.3) is 0 Å². The summed E-state index contributed by atoms with van der Waals surface area (Å²) in [5.41, 5.74) is 2.61. The van der Waals surface area contributed by atoms with Crippen LogP contribution in [0, 0.1) is 6.92 Å². The van der Waals surface area contributed by atoms with E-state index in [2.05, 4.69) is 15.6 Å². The van der Waals surface area contributed by atoms with Crippen molar-refractivity contribution in [1.82, 2.24) is 10.3 Å². The zero-order valence-electron chi connectivity index (χ0n) is 11.5. The number of urea groups is 1. The first-order valence-corrected chi connectivity index (χ1v) is 6.34. The summed E-state index contributed by atoms with van der Waals surface area (Å²) in [5.74, 6) is -0.973. The van der Waals surface area contributed by atoms with Crippen LogP contribution < -0.4 is 10.6 Å². The van der Waals surface area contributed by atoms with Gasteiger partial charge >= 0.3 is 12.0 Å². The summed E-state index contributed by atoms with van der Waals surface area (Å²) in [5, 5.41) is 14.2. The Hall–Kier alpha value is -2.89. The summed E-state index contributed by atoms with van der Waals surface area (Å²) in [6.07, 6.45) is 3.24. The van der Waals surface area contributed by atoms with Gasteiger partial charge in [0.2, 0.25) is 0 Å². The molecule has 0 saturated heterocycles. The maximum Gasteiger partial charge on any atom is 0.335 e. The minimum Gasteiger partial charge on any atom is -0.478 e. The predicted molar refractivity (Wildman–Crippen MR) is 78.2 cm³/mol. The summed E-state index contributed by atoms with van der Waals surface area (Å²) in [4.78, 5) is 26.4. The van der Waals surface area contributed by atoms with E-state index < -0.39 is 5.97 Å². The molecule has 0 aliphatic heterocycles. The van der Waals surface area contributed by atoms with Gasteiger partial charge in [-0.25, -0.2) is 9.59 Å². The number of anilines is 1. The number of nitrogens with zero attached hydrogens (tertiary/aromatic N) is 1. The quantitative estimate of drug-likeness (QED) is 0.804. The largest absolute Gasteiger partial charge is 0.478 e. The molecule has 0 aliphatic rings. The van der Waals surface area contributed by atoms with Crippen molar-refractivity contribution in [3.05, 3.63) is 59.4 Å². The topological polar surface area (TPSA) is 91.3 Å². The number of carbonyl (C=O) groups is 2. The summed E-state index contributed by atoms with van der Waals surface area (Å²) in [6.45, 7) is 2.19. The number of benzene rings is 1. The van der Waals surface area contributed by atoms with Gasteiger partial charge in [0.1, 0.15) is 0 Å². The molecule has 108 valence electrons. The molecular weight excluding hydrogens is 270 g/mol. The van der Waals surface area contributed by atoms with Crippen molar-refractivity contribution in [2.75, 3.05) is 5.32 Å². The first-order chi connectivity index (χ1) is 10.1. The molecule has 1 heterocycles. The molecule has 6 heteroatoms. The highest BCUT2D eigenvalue weighted by molar-refractivity contribution is 5.90. The van der Waals surface area contributed by atoms with Crippen molar-refractivity contribution in [3.8, 4) is 0 Å². The number of aromatic carboxylic acids is 1. The molecule has 2 rings (SSSR count). The van der Waals surface area contributed by atoms with Crippen LogP contribution in [-0.2, 0) is 6.54 Å². The number of hydrogen-bond donors (Lipinski definition) is 3. The smallest absolute Gasteiger partial charge is 0.335 e. The highest BCUT2D eigenvalue weighted by Crippen LogP contribution is 2.11. The zero-order valence-corrected chi connectivity index (χ0v) is 11.5. The van der Waals surface area contributed by atoms with Crippen LogP contribution in [0.15, 0.2) is 42.7 Å². The Balaban J connectivity index is 1.89. The number of nitrogens with one attached hydrogen (secondary N) is 2. The Kier molecular flexibility index (Phi) is 4.50. The van der Waals surface area contributed by atoms with Gasteiger partial charge in [0.05, 0.1) is 17.4 Å². The number of aromatic nitrogens is 1. The molecule has 2 aromatic rings. The summed E-state index contributed by atoms with van der Waals surface area (Å²) in [7, 11) is 0. The Morgan fingerprint density at radius 3 is 2.52 bits per heavy atom. The Morgan fingerprint density at radius 1 is 1.19 bits per heavy atom. The highest BCUT2D eigenvalue weighted by atomic mass is 16.4. The van der Waals surface area contributed by atoms with Crippen LogP contribution in [0.4, 0.5) is 10.5 Å². The van der Waals surface area contributed by atoms with Crippen molar-refractivity contribution in [1.29, 1.82) is 0 Å². The number of hydrogen-bond acceptors (Lipinski definition) is 3. The molecule has 6 nitrogen and oxygen atoms in total. The van der Waals surface area contributed by atoms with Crippen LogP contribution in [-0.4, -0.2) is 22.1 Å². The molecule has 0 atom stereocenters. The third-order valence-corrected chi connectivity index (χ3v) is 2.94. The molecular formula is C15H15N3O3. The molecule has 0 fully saturated rings. The fourth-order valence-corrected chi connectivity index (χ4v) is 1.71. The van der Waals surface area contributed by atoms with E-state index in [1.807, 2.05) is 6.92 Å².